The number of hydrogen-bond donors (Lipinski definition) is 0. The second-order valence-corrected chi connectivity index (χ2v) is 30.0. The Morgan fingerprint density at radius 1 is 0.696 bits per heavy atom. The fourth-order valence-corrected chi connectivity index (χ4v) is 13.2. The van der Waals surface area contributed by atoms with Crippen LogP contribution in [0.25, 0.3) is 10.1 Å². The first-order valence-corrected chi connectivity index (χ1v) is 28.2. The molecule has 0 radical (unpaired) electrons. The molecule has 0 unspecified atom stereocenters. The maximum atomic E-state index is 2.68. The summed E-state index contributed by atoms with van der Waals surface area (Å²) in [6.07, 6.45) is 2.40. The number of nitrogens with zero attached hydrogens (tertiary/aromatic N) is 2. The molecule has 6 heteroatoms. The molecule has 286 valence electrons. The molecule has 1 aromatic heterocycles. The van der Waals surface area contributed by atoms with Crippen LogP contribution < -0.4 is 35.9 Å². The summed E-state index contributed by atoms with van der Waals surface area (Å²) < 4.78 is 2.84. The molecule has 0 amide bonds. The molecule has 2 aliphatic heterocycles. The minimum absolute atomic E-state index is 0.0497. The quantitative estimate of drug-likeness (QED) is 0.164. The average molecular weight is 787 g/mol. The van der Waals surface area contributed by atoms with Crippen molar-refractivity contribution in [1.82, 2.24) is 0 Å². The van der Waals surface area contributed by atoms with E-state index in [-0.39, 0.29) is 23.0 Å². The Kier molecular flexibility index (Phi) is 8.47. The van der Waals surface area contributed by atoms with E-state index in [1.165, 1.54) is 105 Å². The zero-order valence-corrected chi connectivity index (χ0v) is 39.0. The van der Waals surface area contributed by atoms with E-state index >= 15 is 0 Å². The molecule has 3 heterocycles. The summed E-state index contributed by atoms with van der Waals surface area (Å²) in [4.78, 5) is 5.29. The van der Waals surface area contributed by atoms with E-state index in [2.05, 4.69) is 189 Å². The molecule has 0 atom stereocenters. The Balaban J connectivity index is 1.41. The zero-order chi connectivity index (χ0) is 39.9. The lowest BCUT2D eigenvalue weighted by Gasteiger charge is -2.47. The normalized spacial score (nSPS) is 16.9. The highest BCUT2D eigenvalue weighted by Crippen LogP contribution is 2.52. The number of thiophene rings is 1. The van der Waals surface area contributed by atoms with Crippen molar-refractivity contribution in [3.63, 3.8) is 0 Å². The summed E-state index contributed by atoms with van der Waals surface area (Å²) in [6, 6.07) is 36.9. The van der Waals surface area contributed by atoms with Crippen LogP contribution in [0.15, 0.2) is 91.0 Å². The van der Waals surface area contributed by atoms with Crippen molar-refractivity contribution in [3.05, 3.63) is 113 Å². The Morgan fingerprint density at radius 3 is 1.86 bits per heavy atom. The predicted molar refractivity (Wildman–Crippen MR) is 256 cm³/mol. The maximum absolute atomic E-state index is 2.68. The van der Waals surface area contributed by atoms with Crippen LogP contribution in [-0.4, -0.2) is 23.6 Å². The third-order valence-electron chi connectivity index (χ3n) is 13.5. The smallest absolute Gasteiger partial charge is 0.264 e. The van der Waals surface area contributed by atoms with Crippen LogP contribution >= 0.6 is 11.3 Å². The van der Waals surface area contributed by atoms with Crippen molar-refractivity contribution >= 4 is 105 Å². The van der Waals surface area contributed by atoms with Crippen molar-refractivity contribution in [3.8, 4) is 0 Å². The molecule has 5 aromatic carbocycles. The molecule has 0 saturated carbocycles. The summed E-state index contributed by atoms with van der Waals surface area (Å²) in [5.74, 6) is 0. The summed E-state index contributed by atoms with van der Waals surface area (Å²) >= 11 is 2.02. The van der Waals surface area contributed by atoms with Gasteiger partial charge in [0.1, 0.15) is 0 Å². The summed E-state index contributed by atoms with van der Waals surface area (Å²) in [5.41, 5.74) is 16.7. The largest absolute Gasteiger partial charge is 0.311 e. The molecule has 9 rings (SSSR count). The first-order valence-electron chi connectivity index (χ1n) is 21.0. The number of anilines is 6. The Hall–Kier alpha value is -3.84. The van der Waals surface area contributed by atoms with E-state index < -0.39 is 16.9 Å². The molecule has 0 N–H and O–H groups in total. The van der Waals surface area contributed by atoms with Crippen LogP contribution in [0, 0.1) is 6.92 Å². The number of aryl methyl sites for hydroxylation is 1. The minimum atomic E-state index is -1.48. The van der Waals surface area contributed by atoms with Crippen LogP contribution in [0.2, 0.25) is 32.7 Å². The van der Waals surface area contributed by atoms with Gasteiger partial charge in [-0.05, 0) is 124 Å². The monoisotopic (exact) mass is 786 g/mol. The molecular weight excluding hydrogens is 728 g/mol. The molecule has 0 bridgehead atoms. The van der Waals surface area contributed by atoms with Crippen molar-refractivity contribution in [2.75, 3.05) is 9.80 Å². The highest BCUT2D eigenvalue weighted by molar-refractivity contribution is 7.33. The van der Waals surface area contributed by atoms with Gasteiger partial charge in [-0.3, -0.25) is 0 Å². The van der Waals surface area contributed by atoms with Gasteiger partial charge in [0.2, 0.25) is 0 Å². The molecule has 0 spiro atoms. The second kappa shape index (κ2) is 12.6. The summed E-state index contributed by atoms with van der Waals surface area (Å²) in [5, 5.41) is 4.39. The number of fused-ring (bicyclic) bond motifs is 7. The number of hydrogen-bond acceptors (Lipinski definition) is 3. The van der Waals surface area contributed by atoms with Crippen molar-refractivity contribution in [2.24, 2.45) is 0 Å². The molecule has 0 saturated heterocycles. The zero-order valence-electron chi connectivity index (χ0n) is 36.0. The van der Waals surface area contributed by atoms with Crippen molar-refractivity contribution in [2.45, 2.75) is 117 Å². The predicted octanol–water partition coefficient (Wildman–Crippen LogP) is 11.2. The second-order valence-electron chi connectivity index (χ2n) is 20.9. The lowest BCUT2D eigenvalue weighted by atomic mass is 9.35. The molecule has 2 nitrogen and oxygen atoms in total. The highest BCUT2D eigenvalue weighted by atomic mass is 32.1. The van der Waals surface area contributed by atoms with E-state index in [0.29, 0.717) is 0 Å². The SMILES string of the molecule is Cc1cc2c3c(c1)N(c1ccc([SiH](C)C)cc1)c1c(sc4ccc(C(C)(C)C)cc14)B3c1cc3c(cc1N2c1ccc([Si](C)(C)C)cc1)C(C)(C)CCC3(C)C. The van der Waals surface area contributed by atoms with E-state index in [9.17, 15) is 0 Å². The van der Waals surface area contributed by atoms with Crippen molar-refractivity contribution in [1.29, 1.82) is 0 Å². The van der Waals surface area contributed by atoms with Gasteiger partial charge in [-0.1, -0.05) is 128 Å². The van der Waals surface area contributed by atoms with Gasteiger partial charge in [0.25, 0.3) is 6.71 Å². The number of rotatable bonds is 4. The summed E-state index contributed by atoms with van der Waals surface area (Å²) in [7, 11) is -2.43. The van der Waals surface area contributed by atoms with E-state index in [1.807, 2.05) is 11.3 Å². The Morgan fingerprint density at radius 2 is 1.27 bits per heavy atom. The van der Waals surface area contributed by atoms with Crippen LogP contribution in [0.3, 0.4) is 0 Å². The molecule has 3 aliphatic rings. The maximum Gasteiger partial charge on any atom is 0.264 e. The third-order valence-corrected chi connectivity index (χ3v) is 18.5. The number of benzene rings is 5. The van der Waals surface area contributed by atoms with Gasteiger partial charge in [-0.25, -0.2) is 0 Å². The van der Waals surface area contributed by atoms with Crippen LogP contribution in [-0.2, 0) is 16.2 Å². The van der Waals surface area contributed by atoms with Gasteiger partial charge in [0.15, 0.2) is 0 Å². The minimum Gasteiger partial charge on any atom is -0.311 e. The third kappa shape index (κ3) is 5.83. The van der Waals surface area contributed by atoms with E-state index in [4.69, 9.17) is 0 Å². The Labute approximate surface area is 343 Å². The van der Waals surface area contributed by atoms with Gasteiger partial charge in [0.05, 0.1) is 22.6 Å². The van der Waals surface area contributed by atoms with E-state index in [1.54, 1.807) is 0 Å². The van der Waals surface area contributed by atoms with Gasteiger partial charge >= 0.3 is 0 Å². The van der Waals surface area contributed by atoms with Gasteiger partial charge < -0.3 is 9.80 Å². The molecule has 6 aromatic rings. The fraction of sp³-hybridized carbons (Fsp3) is 0.360. The van der Waals surface area contributed by atoms with Gasteiger partial charge in [0, 0.05) is 43.3 Å². The first kappa shape index (κ1) is 37.7. The highest BCUT2D eigenvalue weighted by Gasteiger charge is 2.48. The standard InChI is InChI=1S/C50H59BN2SSi2/c1-31-26-42-45-43(27-31)53(34-15-19-35(20-16-34)55(9)10)46-37-28-32(48(2,3)4)14-23-44(37)54-47(46)51(45)40-29-38-39(50(7,8)25-24-49(38,5)6)30-41(40)52(42)33-17-21-36(22-18-33)56(11,12)13/h14-23,26-30,55H,24-25H2,1-13H3. The lowest BCUT2D eigenvalue weighted by molar-refractivity contribution is 0.332. The van der Waals surface area contributed by atoms with Crippen LogP contribution in [0.4, 0.5) is 34.1 Å². The van der Waals surface area contributed by atoms with Gasteiger partial charge in [-0.15, -0.1) is 11.3 Å². The van der Waals surface area contributed by atoms with Crippen LogP contribution in [0.1, 0.15) is 83.6 Å². The van der Waals surface area contributed by atoms with Gasteiger partial charge in [-0.2, -0.15) is 0 Å². The van der Waals surface area contributed by atoms with Crippen LogP contribution in [0.5, 0.6) is 0 Å². The first-order chi connectivity index (χ1) is 26.2. The molecular formula is C50H59BN2SSi2. The topological polar surface area (TPSA) is 6.48 Å². The molecule has 56 heavy (non-hydrogen) atoms. The molecule has 1 aliphatic carbocycles. The van der Waals surface area contributed by atoms with E-state index in [0.717, 1.165) is 0 Å². The average Bonchev–Trinajstić information content (AvgIpc) is 3.51. The van der Waals surface area contributed by atoms with Crippen molar-refractivity contribution < 1.29 is 0 Å². The summed E-state index contributed by atoms with van der Waals surface area (Å²) in [6.45, 7) is 31.6. The lowest BCUT2D eigenvalue weighted by Crippen LogP contribution is -2.61. The fourth-order valence-electron chi connectivity index (χ4n) is 9.81. The Bertz CT molecular complexity index is 2550. The molecule has 0 fully saturated rings.